The average Bonchev–Trinajstić information content (AvgIpc) is 3.11. The first kappa shape index (κ1) is 12.9. The third kappa shape index (κ3) is 1.66. The van der Waals surface area contributed by atoms with Crippen LogP contribution in [0.15, 0.2) is 30.3 Å². The summed E-state index contributed by atoms with van der Waals surface area (Å²) in [6.45, 7) is 0.168. The minimum absolute atomic E-state index is 0.168. The molecule has 3 heterocycles. The van der Waals surface area contributed by atoms with Crippen molar-refractivity contribution in [2.24, 2.45) is 0 Å². The molecule has 6 heteroatoms. The number of ether oxygens (including phenoxy) is 5. The standard InChI is InChI=1S/C17H14O6/c1-19-10-3-2-9-4-16-17(18,23-12(9)5-10)11-6-14-15(21-8-20-14)7-13(11)22-16/h2-3,5-7,16,18H,4,8H2,1H3. The molecule has 0 aromatic heterocycles. The van der Waals surface area contributed by atoms with Gasteiger partial charge < -0.3 is 28.8 Å². The average molecular weight is 314 g/mol. The maximum Gasteiger partial charge on any atom is 0.276 e. The lowest BCUT2D eigenvalue weighted by Gasteiger charge is -2.35. The summed E-state index contributed by atoms with van der Waals surface area (Å²) in [4.78, 5) is 0. The molecule has 3 aliphatic rings. The van der Waals surface area contributed by atoms with Crippen LogP contribution in [0.5, 0.6) is 28.7 Å². The van der Waals surface area contributed by atoms with Gasteiger partial charge in [-0.15, -0.1) is 0 Å². The molecule has 6 nitrogen and oxygen atoms in total. The second-order valence-corrected chi connectivity index (χ2v) is 5.78. The zero-order valence-corrected chi connectivity index (χ0v) is 12.4. The summed E-state index contributed by atoms with van der Waals surface area (Å²) in [7, 11) is 1.59. The van der Waals surface area contributed by atoms with Crippen molar-refractivity contribution >= 4 is 0 Å². The summed E-state index contributed by atoms with van der Waals surface area (Å²) < 4.78 is 27.8. The fourth-order valence-corrected chi connectivity index (χ4v) is 3.30. The van der Waals surface area contributed by atoms with Crippen molar-refractivity contribution in [1.82, 2.24) is 0 Å². The van der Waals surface area contributed by atoms with E-state index in [0.29, 0.717) is 40.7 Å². The van der Waals surface area contributed by atoms with E-state index in [1.165, 1.54) is 0 Å². The van der Waals surface area contributed by atoms with E-state index < -0.39 is 11.9 Å². The van der Waals surface area contributed by atoms with Crippen molar-refractivity contribution in [3.05, 3.63) is 41.5 Å². The van der Waals surface area contributed by atoms with E-state index in [-0.39, 0.29) is 6.79 Å². The van der Waals surface area contributed by atoms with Crippen LogP contribution in [0.2, 0.25) is 0 Å². The Kier molecular flexibility index (Phi) is 2.37. The van der Waals surface area contributed by atoms with Crippen molar-refractivity contribution in [3.63, 3.8) is 0 Å². The van der Waals surface area contributed by atoms with Crippen LogP contribution in [0.3, 0.4) is 0 Å². The fraction of sp³-hybridized carbons (Fsp3) is 0.294. The van der Waals surface area contributed by atoms with Crippen LogP contribution in [-0.2, 0) is 12.2 Å². The van der Waals surface area contributed by atoms with Gasteiger partial charge in [-0.2, -0.15) is 0 Å². The Labute approximate surface area is 132 Å². The molecule has 0 saturated carbocycles. The molecule has 0 saturated heterocycles. The first-order chi connectivity index (χ1) is 11.2. The highest BCUT2D eigenvalue weighted by atomic mass is 16.7. The second-order valence-electron chi connectivity index (χ2n) is 5.78. The molecule has 2 aromatic rings. The highest BCUT2D eigenvalue weighted by Crippen LogP contribution is 2.52. The van der Waals surface area contributed by atoms with E-state index in [0.717, 1.165) is 5.56 Å². The Morgan fingerprint density at radius 1 is 1.09 bits per heavy atom. The summed E-state index contributed by atoms with van der Waals surface area (Å²) >= 11 is 0. The summed E-state index contributed by atoms with van der Waals surface area (Å²) in [5, 5.41) is 11.1. The monoisotopic (exact) mass is 314 g/mol. The SMILES string of the molecule is COc1ccc2c(c1)OC1(O)c3cc4c(cc3OC1C2)OCO4. The number of methoxy groups -OCH3 is 1. The molecule has 0 amide bonds. The van der Waals surface area contributed by atoms with Crippen LogP contribution in [0.1, 0.15) is 11.1 Å². The normalized spacial score (nSPS) is 25.7. The van der Waals surface area contributed by atoms with Crippen molar-refractivity contribution in [3.8, 4) is 28.7 Å². The van der Waals surface area contributed by atoms with Gasteiger partial charge in [0.1, 0.15) is 17.2 Å². The Balaban J connectivity index is 1.61. The van der Waals surface area contributed by atoms with Crippen LogP contribution in [0.4, 0.5) is 0 Å². The molecule has 0 spiro atoms. The molecule has 118 valence electrons. The third-order valence-electron chi connectivity index (χ3n) is 4.51. The van der Waals surface area contributed by atoms with Gasteiger partial charge in [0.2, 0.25) is 6.79 Å². The van der Waals surface area contributed by atoms with Gasteiger partial charge in [-0.3, -0.25) is 0 Å². The number of rotatable bonds is 1. The molecule has 0 fully saturated rings. The Morgan fingerprint density at radius 2 is 1.91 bits per heavy atom. The molecule has 2 aromatic carbocycles. The topological polar surface area (TPSA) is 66.4 Å². The van der Waals surface area contributed by atoms with Crippen molar-refractivity contribution in [2.45, 2.75) is 18.3 Å². The third-order valence-corrected chi connectivity index (χ3v) is 4.51. The first-order valence-electron chi connectivity index (χ1n) is 7.36. The van der Waals surface area contributed by atoms with E-state index in [1.54, 1.807) is 25.3 Å². The van der Waals surface area contributed by atoms with E-state index in [9.17, 15) is 5.11 Å². The predicted molar refractivity (Wildman–Crippen MR) is 78.2 cm³/mol. The number of fused-ring (bicyclic) bond motifs is 5. The lowest BCUT2D eigenvalue weighted by molar-refractivity contribution is -0.196. The Hall–Kier alpha value is -2.60. The van der Waals surface area contributed by atoms with E-state index in [4.69, 9.17) is 23.7 Å². The van der Waals surface area contributed by atoms with Gasteiger partial charge in [0, 0.05) is 18.6 Å². The summed E-state index contributed by atoms with van der Waals surface area (Å²) in [6, 6.07) is 9.02. The van der Waals surface area contributed by atoms with E-state index in [2.05, 4.69) is 0 Å². The molecule has 2 unspecified atom stereocenters. The summed E-state index contributed by atoms with van der Waals surface area (Å²) in [6.07, 6.45) is 0.0255. The maximum absolute atomic E-state index is 11.1. The Bertz CT molecular complexity index is 817. The molecule has 5 rings (SSSR count). The number of hydrogen-bond donors (Lipinski definition) is 1. The molecule has 1 N–H and O–H groups in total. The second kappa shape index (κ2) is 4.23. The predicted octanol–water partition coefficient (Wildman–Crippen LogP) is 1.97. The molecule has 0 radical (unpaired) electrons. The van der Waals surface area contributed by atoms with Crippen molar-refractivity contribution in [1.29, 1.82) is 0 Å². The lowest BCUT2D eigenvalue weighted by atomic mass is 9.93. The smallest absolute Gasteiger partial charge is 0.276 e. The zero-order valence-electron chi connectivity index (χ0n) is 12.4. The summed E-state index contributed by atoms with van der Waals surface area (Å²) in [5.74, 6) is 1.48. The molecule has 2 atom stereocenters. The van der Waals surface area contributed by atoms with Crippen LogP contribution in [-0.4, -0.2) is 25.1 Å². The highest BCUT2D eigenvalue weighted by molar-refractivity contribution is 5.57. The lowest BCUT2D eigenvalue weighted by Crippen LogP contribution is -2.47. The molecule has 0 bridgehead atoms. The first-order valence-corrected chi connectivity index (χ1v) is 7.36. The molecular formula is C17H14O6. The van der Waals surface area contributed by atoms with Gasteiger partial charge in [0.25, 0.3) is 5.79 Å². The van der Waals surface area contributed by atoms with Crippen molar-refractivity contribution < 1.29 is 28.8 Å². The fourth-order valence-electron chi connectivity index (χ4n) is 3.30. The maximum atomic E-state index is 11.1. The summed E-state index contributed by atoms with van der Waals surface area (Å²) in [5.41, 5.74) is 1.52. The number of hydrogen-bond acceptors (Lipinski definition) is 6. The Morgan fingerprint density at radius 3 is 2.74 bits per heavy atom. The van der Waals surface area contributed by atoms with Gasteiger partial charge in [0.15, 0.2) is 17.6 Å². The minimum atomic E-state index is -1.55. The molecule has 0 aliphatic carbocycles. The van der Waals surface area contributed by atoms with Gasteiger partial charge >= 0.3 is 0 Å². The van der Waals surface area contributed by atoms with Crippen molar-refractivity contribution in [2.75, 3.05) is 13.9 Å². The van der Waals surface area contributed by atoms with E-state index in [1.807, 2.05) is 12.1 Å². The van der Waals surface area contributed by atoms with Gasteiger partial charge in [-0.05, 0) is 17.7 Å². The highest BCUT2D eigenvalue weighted by Gasteiger charge is 2.54. The minimum Gasteiger partial charge on any atom is -0.497 e. The van der Waals surface area contributed by atoms with Gasteiger partial charge in [-0.25, -0.2) is 0 Å². The molecule has 23 heavy (non-hydrogen) atoms. The largest absolute Gasteiger partial charge is 0.497 e. The van der Waals surface area contributed by atoms with E-state index >= 15 is 0 Å². The van der Waals surface area contributed by atoms with Crippen LogP contribution >= 0.6 is 0 Å². The number of benzene rings is 2. The van der Waals surface area contributed by atoms with Gasteiger partial charge in [-0.1, -0.05) is 6.07 Å². The zero-order chi connectivity index (χ0) is 15.6. The molecule has 3 aliphatic heterocycles. The van der Waals surface area contributed by atoms with Crippen LogP contribution in [0.25, 0.3) is 0 Å². The van der Waals surface area contributed by atoms with Gasteiger partial charge in [0.05, 0.1) is 12.7 Å². The number of aliphatic hydroxyl groups is 1. The van der Waals surface area contributed by atoms with Crippen LogP contribution < -0.4 is 23.7 Å². The van der Waals surface area contributed by atoms with Crippen LogP contribution in [0, 0.1) is 0 Å². The molecular weight excluding hydrogens is 300 g/mol. The quantitative estimate of drug-likeness (QED) is 0.868.